The van der Waals surface area contributed by atoms with Crippen molar-refractivity contribution in [2.45, 2.75) is 39.0 Å². The number of hydrogen-bond donors (Lipinski definition) is 1. The van der Waals surface area contributed by atoms with Crippen molar-refractivity contribution < 1.29 is 4.74 Å². The number of likely N-dealkylation sites (N-methyl/N-ethyl adjacent to an activating group) is 1. The van der Waals surface area contributed by atoms with Crippen molar-refractivity contribution in [2.75, 3.05) is 19.6 Å². The first kappa shape index (κ1) is 25.4. The SMILES string of the molecule is CCN1CCCC1CNCc1ccc(OCc2ccc(Cl)cc2Cl)cc1.Cl.Cl. The van der Waals surface area contributed by atoms with E-state index in [1.807, 2.05) is 24.3 Å². The van der Waals surface area contributed by atoms with Gasteiger partial charge in [0.25, 0.3) is 0 Å². The number of nitrogens with zero attached hydrogens (tertiary/aromatic N) is 1. The van der Waals surface area contributed by atoms with Crippen LogP contribution in [0.3, 0.4) is 0 Å². The van der Waals surface area contributed by atoms with Crippen molar-refractivity contribution in [3.8, 4) is 5.75 Å². The molecule has 0 aliphatic carbocycles. The van der Waals surface area contributed by atoms with E-state index in [1.54, 1.807) is 6.07 Å². The highest BCUT2D eigenvalue weighted by atomic mass is 35.5. The maximum absolute atomic E-state index is 6.18. The van der Waals surface area contributed by atoms with E-state index in [0.717, 1.165) is 30.9 Å². The molecule has 3 rings (SSSR count). The first-order valence-electron chi connectivity index (χ1n) is 9.26. The summed E-state index contributed by atoms with van der Waals surface area (Å²) in [7, 11) is 0. The van der Waals surface area contributed by atoms with Crippen molar-refractivity contribution in [3.63, 3.8) is 0 Å². The molecule has 3 nitrogen and oxygen atoms in total. The van der Waals surface area contributed by atoms with Gasteiger partial charge in [-0.15, -0.1) is 24.8 Å². The average Bonchev–Trinajstić information content (AvgIpc) is 3.10. The van der Waals surface area contributed by atoms with Gasteiger partial charge in [-0.1, -0.05) is 48.3 Å². The van der Waals surface area contributed by atoms with Gasteiger partial charge in [0.15, 0.2) is 0 Å². The molecule has 0 aromatic heterocycles. The number of likely N-dealkylation sites (tertiary alicyclic amines) is 1. The molecule has 1 heterocycles. The van der Waals surface area contributed by atoms with Crippen LogP contribution in [-0.2, 0) is 13.2 Å². The highest BCUT2D eigenvalue weighted by Gasteiger charge is 2.21. The molecule has 1 aliphatic heterocycles. The van der Waals surface area contributed by atoms with Gasteiger partial charge < -0.3 is 10.1 Å². The standard InChI is InChI=1S/C21H26Cl2N2O.2ClH/c1-2-25-11-3-4-19(25)14-24-13-16-5-9-20(10-6-16)26-15-17-7-8-18(22)12-21(17)23;;/h5-10,12,19,24H,2-4,11,13-15H2,1H3;2*1H. The Morgan fingerprint density at radius 3 is 2.54 bits per heavy atom. The van der Waals surface area contributed by atoms with Gasteiger partial charge in [-0.3, -0.25) is 4.90 Å². The van der Waals surface area contributed by atoms with E-state index in [2.05, 4.69) is 29.3 Å². The molecule has 0 bridgehead atoms. The fourth-order valence-electron chi connectivity index (χ4n) is 3.43. The molecule has 1 saturated heterocycles. The number of hydrogen-bond acceptors (Lipinski definition) is 3. The maximum atomic E-state index is 6.18. The van der Waals surface area contributed by atoms with E-state index in [4.69, 9.17) is 27.9 Å². The van der Waals surface area contributed by atoms with Crippen molar-refractivity contribution in [1.82, 2.24) is 10.2 Å². The second-order valence-electron chi connectivity index (χ2n) is 6.72. The number of nitrogens with one attached hydrogen (secondary N) is 1. The Bertz CT molecular complexity index is 712. The molecule has 0 radical (unpaired) electrons. The predicted octanol–water partition coefficient (Wildman–Crippen LogP) is 5.99. The Morgan fingerprint density at radius 1 is 1.11 bits per heavy atom. The van der Waals surface area contributed by atoms with Crippen LogP contribution in [0.5, 0.6) is 5.75 Å². The van der Waals surface area contributed by atoms with Crippen molar-refractivity contribution >= 4 is 48.0 Å². The lowest BCUT2D eigenvalue weighted by Crippen LogP contribution is -2.37. The molecule has 2 aromatic rings. The summed E-state index contributed by atoms with van der Waals surface area (Å²) in [5, 5.41) is 4.85. The molecule has 2 aromatic carbocycles. The number of rotatable bonds is 8. The van der Waals surface area contributed by atoms with Crippen LogP contribution in [0.2, 0.25) is 10.0 Å². The normalized spacial score (nSPS) is 16.3. The van der Waals surface area contributed by atoms with Gasteiger partial charge in [0, 0.05) is 34.7 Å². The fraction of sp³-hybridized carbons (Fsp3) is 0.429. The van der Waals surface area contributed by atoms with Crippen LogP contribution < -0.4 is 10.1 Å². The summed E-state index contributed by atoms with van der Waals surface area (Å²) in [6.45, 7) is 7.01. The van der Waals surface area contributed by atoms with Gasteiger partial charge in [0.2, 0.25) is 0 Å². The zero-order chi connectivity index (χ0) is 18.4. The molecular weight excluding hydrogens is 438 g/mol. The Labute approximate surface area is 190 Å². The van der Waals surface area contributed by atoms with Gasteiger partial charge in [0.1, 0.15) is 12.4 Å². The summed E-state index contributed by atoms with van der Waals surface area (Å²) in [4.78, 5) is 2.56. The zero-order valence-electron chi connectivity index (χ0n) is 16.0. The van der Waals surface area contributed by atoms with Gasteiger partial charge in [-0.25, -0.2) is 0 Å². The monoisotopic (exact) mass is 464 g/mol. The van der Waals surface area contributed by atoms with Crippen molar-refractivity contribution in [2.24, 2.45) is 0 Å². The topological polar surface area (TPSA) is 24.5 Å². The summed E-state index contributed by atoms with van der Waals surface area (Å²) in [5.41, 5.74) is 2.20. The van der Waals surface area contributed by atoms with E-state index >= 15 is 0 Å². The highest BCUT2D eigenvalue weighted by Crippen LogP contribution is 2.23. The van der Waals surface area contributed by atoms with Crippen LogP contribution >= 0.6 is 48.0 Å². The molecule has 156 valence electrons. The third kappa shape index (κ3) is 7.29. The van der Waals surface area contributed by atoms with Gasteiger partial charge in [-0.2, -0.15) is 0 Å². The minimum atomic E-state index is 0. The van der Waals surface area contributed by atoms with Crippen LogP contribution in [0, 0.1) is 0 Å². The second-order valence-corrected chi connectivity index (χ2v) is 7.57. The van der Waals surface area contributed by atoms with E-state index < -0.39 is 0 Å². The Kier molecular flexibility index (Phi) is 11.6. The summed E-state index contributed by atoms with van der Waals surface area (Å²) < 4.78 is 5.83. The molecule has 28 heavy (non-hydrogen) atoms. The van der Waals surface area contributed by atoms with Crippen LogP contribution in [0.25, 0.3) is 0 Å². The number of benzene rings is 2. The smallest absolute Gasteiger partial charge is 0.119 e. The lowest BCUT2D eigenvalue weighted by atomic mass is 10.2. The fourth-order valence-corrected chi connectivity index (χ4v) is 3.89. The Hall–Kier alpha value is -0.680. The molecule has 0 spiro atoms. The van der Waals surface area contributed by atoms with E-state index in [0.29, 0.717) is 22.7 Å². The van der Waals surface area contributed by atoms with Crippen LogP contribution in [-0.4, -0.2) is 30.6 Å². The predicted molar refractivity (Wildman–Crippen MR) is 124 cm³/mol. The molecule has 1 N–H and O–H groups in total. The number of ether oxygens (including phenoxy) is 1. The van der Waals surface area contributed by atoms with Gasteiger partial charge in [0.05, 0.1) is 0 Å². The first-order chi connectivity index (χ1) is 12.7. The molecule has 7 heteroatoms. The van der Waals surface area contributed by atoms with Crippen LogP contribution in [0.1, 0.15) is 30.9 Å². The minimum absolute atomic E-state index is 0. The average molecular weight is 466 g/mol. The van der Waals surface area contributed by atoms with E-state index in [-0.39, 0.29) is 24.8 Å². The summed E-state index contributed by atoms with van der Waals surface area (Å²) >= 11 is 12.1. The van der Waals surface area contributed by atoms with Crippen LogP contribution in [0.15, 0.2) is 42.5 Å². The minimum Gasteiger partial charge on any atom is -0.489 e. The summed E-state index contributed by atoms with van der Waals surface area (Å²) in [6.07, 6.45) is 2.63. The summed E-state index contributed by atoms with van der Waals surface area (Å²) in [5.74, 6) is 0.840. The number of halogens is 4. The quantitative estimate of drug-likeness (QED) is 0.518. The van der Waals surface area contributed by atoms with E-state index in [9.17, 15) is 0 Å². The molecule has 0 saturated carbocycles. The summed E-state index contributed by atoms with van der Waals surface area (Å²) in [6, 6.07) is 14.4. The van der Waals surface area contributed by atoms with Crippen molar-refractivity contribution in [3.05, 3.63) is 63.6 Å². The zero-order valence-corrected chi connectivity index (χ0v) is 19.1. The molecule has 1 atom stereocenters. The molecular formula is C21H28Cl4N2O. The largest absolute Gasteiger partial charge is 0.489 e. The Morgan fingerprint density at radius 2 is 1.86 bits per heavy atom. The lowest BCUT2D eigenvalue weighted by Gasteiger charge is -2.23. The second kappa shape index (κ2) is 12.8. The molecule has 1 aliphatic rings. The Balaban J connectivity index is 0.00000196. The van der Waals surface area contributed by atoms with Gasteiger partial charge in [-0.05, 0) is 55.8 Å². The maximum Gasteiger partial charge on any atom is 0.119 e. The van der Waals surface area contributed by atoms with E-state index in [1.165, 1.54) is 24.9 Å². The first-order valence-corrected chi connectivity index (χ1v) is 10.0. The molecule has 0 amide bonds. The molecule has 1 unspecified atom stereocenters. The third-order valence-electron chi connectivity index (χ3n) is 4.95. The van der Waals surface area contributed by atoms with Gasteiger partial charge >= 0.3 is 0 Å². The van der Waals surface area contributed by atoms with Crippen molar-refractivity contribution in [1.29, 1.82) is 0 Å². The lowest BCUT2D eigenvalue weighted by molar-refractivity contribution is 0.260. The highest BCUT2D eigenvalue weighted by molar-refractivity contribution is 6.35. The molecule has 1 fully saturated rings. The third-order valence-corrected chi connectivity index (χ3v) is 5.53. The van der Waals surface area contributed by atoms with Crippen LogP contribution in [0.4, 0.5) is 0 Å².